The van der Waals surface area contributed by atoms with Gasteiger partial charge < -0.3 is 19.8 Å². The molecule has 5 heterocycles. The van der Waals surface area contributed by atoms with Gasteiger partial charge in [-0.05, 0) is 143 Å². The van der Waals surface area contributed by atoms with Gasteiger partial charge in [-0.1, -0.05) is 49.6 Å². The molecule has 59 heavy (non-hydrogen) atoms. The molecule has 0 fully saturated rings. The lowest BCUT2D eigenvalue weighted by Crippen LogP contribution is -2.25. The third-order valence-corrected chi connectivity index (χ3v) is 13.8. The van der Waals surface area contributed by atoms with Gasteiger partial charge in [0.05, 0.1) is 22.8 Å². The Morgan fingerprint density at radius 1 is 0.949 bits per heavy atom. The molecule has 0 aromatic carbocycles. The second-order valence-corrected chi connectivity index (χ2v) is 18.4. The van der Waals surface area contributed by atoms with Crippen molar-refractivity contribution in [2.45, 2.75) is 170 Å². The molecule has 4 aliphatic rings. The molecule has 0 saturated carbocycles. The summed E-state index contributed by atoms with van der Waals surface area (Å²) in [4.78, 5) is 45.4. The van der Waals surface area contributed by atoms with E-state index in [1.807, 2.05) is 19.9 Å². The maximum Gasteiger partial charge on any atom is 0.306 e. The van der Waals surface area contributed by atoms with Gasteiger partial charge in [0, 0.05) is 80.0 Å². The van der Waals surface area contributed by atoms with E-state index in [4.69, 9.17) is 14.7 Å². The van der Waals surface area contributed by atoms with Gasteiger partial charge >= 0.3 is 5.97 Å². The standard InChI is InChI=1S/C51H68N4O4/c1-13-51(14-2)34(9)40-27-41-46(35(10)56)33(8)39(52-41)26-38-32(7)36(21-22-45(58)59-24-23-31(6)20-16-19-30(5)18-15-17-29(3)4)48(54-38)37-25-42(57)47-49(37)55-43(50(47,11)12)28-44(51)53-40/h17,19,23,26-28,32,35-36,52-53,56H,13-16,18,20-22,24-25H2,1-12H3/b30-19+,31-23+,39-26?,41-27?,44-28?,48-37?/t32-,35+,36-/m0/s1. The first-order valence-corrected chi connectivity index (χ1v) is 22.0. The second kappa shape index (κ2) is 17.6. The summed E-state index contributed by atoms with van der Waals surface area (Å²) in [6, 6.07) is 6.42. The number of aliphatic hydroxyl groups is 1. The number of fused-ring (bicyclic) bond motifs is 8. The fraction of sp³-hybridized carbons (Fsp3) is 0.529. The number of hydrogen-bond donors (Lipinski definition) is 3. The summed E-state index contributed by atoms with van der Waals surface area (Å²) in [6.07, 6.45) is 12.8. The molecular formula is C51H68N4O4. The van der Waals surface area contributed by atoms with Gasteiger partial charge in [-0.25, -0.2) is 0 Å². The molecule has 3 atom stereocenters. The normalized spacial score (nSPS) is 19.6. The van der Waals surface area contributed by atoms with Crippen LogP contribution in [0.4, 0.5) is 0 Å². The lowest BCUT2D eigenvalue weighted by atomic mass is 9.73. The molecule has 0 amide bonds. The maximum atomic E-state index is 14.1. The quantitative estimate of drug-likeness (QED) is 0.129. The number of aromatic nitrogens is 4. The minimum atomic E-state index is -0.691. The number of ether oxygens (including phenoxy) is 1. The van der Waals surface area contributed by atoms with Crippen molar-refractivity contribution >= 4 is 33.9 Å². The van der Waals surface area contributed by atoms with Crippen molar-refractivity contribution < 1.29 is 19.4 Å². The Balaban J connectivity index is 1.37. The Hall–Kier alpha value is -4.56. The zero-order chi connectivity index (χ0) is 43.0. The molecule has 0 radical (unpaired) electrons. The Labute approximate surface area is 351 Å². The number of hydrogen-bond acceptors (Lipinski definition) is 6. The number of allylic oxidation sites excluding steroid dienone is 5. The molecule has 0 spiro atoms. The number of Topliss-reactive ketones (excluding diaryl/α,β-unsaturated/α-hetero) is 1. The number of ketones is 1. The first kappa shape index (κ1) is 44.0. The number of nitrogens with one attached hydrogen (secondary N) is 2. The molecule has 3 N–H and O–H groups in total. The van der Waals surface area contributed by atoms with Crippen molar-refractivity contribution in [3.05, 3.63) is 103 Å². The fourth-order valence-electron chi connectivity index (χ4n) is 9.94. The highest BCUT2D eigenvalue weighted by molar-refractivity contribution is 6.21. The van der Waals surface area contributed by atoms with Crippen molar-refractivity contribution in [3.63, 3.8) is 0 Å². The third-order valence-electron chi connectivity index (χ3n) is 13.8. The molecule has 2 aromatic heterocycles. The smallest absolute Gasteiger partial charge is 0.306 e. The molecule has 3 aliphatic heterocycles. The molecule has 8 heteroatoms. The van der Waals surface area contributed by atoms with E-state index in [0.29, 0.717) is 6.42 Å². The van der Waals surface area contributed by atoms with Crippen LogP contribution in [0.3, 0.4) is 0 Å². The highest BCUT2D eigenvalue weighted by Crippen LogP contribution is 2.45. The van der Waals surface area contributed by atoms with Gasteiger partial charge in [0.2, 0.25) is 0 Å². The predicted octanol–water partition coefficient (Wildman–Crippen LogP) is 10.2. The first-order valence-electron chi connectivity index (χ1n) is 22.0. The van der Waals surface area contributed by atoms with Crippen molar-refractivity contribution in [2.24, 2.45) is 0 Å². The summed E-state index contributed by atoms with van der Waals surface area (Å²) < 4.78 is 5.76. The molecular weight excluding hydrogens is 733 g/mol. The number of esters is 1. The van der Waals surface area contributed by atoms with E-state index >= 15 is 0 Å². The van der Waals surface area contributed by atoms with Crippen LogP contribution in [0.15, 0.2) is 53.1 Å². The van der Waals surface area contributed by atoms with Gasteiger partial charge in [0.25, 0.3) is 0 Å². The van der Waals surface area contributed by atoms with Crippen molar-refractivity contribution in [2.75, 3.05) is 6.61 Å². The highest BCUT2D eigenvalue weighted by atomic mass is 16.5. The molecule has 8 bridgehead atoms. The Morgan fingerprint density at radius 2 is 1.63 bits per heavy atom. The van der Waals surface area contributed by atoms with Crippen LogP contribution in [0.2, 0.25) is 0 Å². The van der Waals surface area contributed by atoms with Gasteiger partial charge in [0.15, 0.2) is 5.78 Å². The molecule has 2 aromatic rings. The number of aliphatic hydroxyl groups excluding tert-OH is 1. The average molecular weight is 801 g/mol. The van der Waals surface area contributed by atoms with E-state index in [0.717, 1.165) is 105 Å². The average Bonchev–Trinajstić information content (AvgIpc) is 3.90. The van der Waals surface area contributed by atoms with Gasteiger partial charge in [-0.15, -0.1) is 0 Å². The second-order valence-electron chi connectivity index (χ2n) is 18.4. The van der Waals surface area contributed by atoms with Crippen LogP contribution in [0.1, 0.15) is 185 Å². The summed E-state index contributed by atoms with van der Waals surface area (Å²) in [7, 11) is 0. The van der Waals surface area contributed by atoms with Crippen LogP contribution >= 0.6 is 0 Å². The van der Waals surface area contributed by atoms with Crippen molar-refractivity contribution in [1.82, 2.24) is 19.9 Å². The van der Waals surface area contributed by atoms with Crippen LogP contribution in [0, 0.1) is 6.92 Å². The molecule has 8 nitrogen and oxygen atoms in total. The molecule has 316 valence electrons. The van der Waals surface area contributed by atoms with E-state index in [-0.39, 0.29) is 48.5 Å². The molecule has 0 saturated heterocycles. The maximum absolute atomic E-state index is 14.1. The molecule has 6 rings (SSSR count). The van der Waals surface area contributed by atoms with E-state index in [2.05, 4.69) is 110 Å². The SMILES string of the molecule is CCC1(CC)C(C)=c2cc3[nH]c(cc4nc(c5c6nc(cc1[nH]2)C(C)(C)C=6C(=O)C5)[C@@H](CCC(=O)OC/C=C(\C)CC/C=C(\C)CCC=C(C)C)[C@@H]4C)c(C)c3[C@@H](C)O. The molecule has 0 unspecified atom stereocenters. The van der Waals surface area contributed by atoms with Crippen molar-refractivity contribution in [1.29, 1.82) is 0 Å². The minimum absolute atomic E-state index is 0.0381. The van der Waals surface area contributed by atoms with Gasteiger partial charge in [-0.3, -0.25) is 19.6 Å². The highest BCUT2D eigenvalue weighted by Gasteiger charge is 2.44. The summed E-state index contributed by atoms with van der Waals surface area (Å²) >= 11 is 0. The van der Waals surface area contributed by atoms with Crippen LogP contribution in [0.5, 0.6) is 0 Å². The Bertz CT molecular complexity index is 2430. The number of aromatic amines is 2. The zero-order valence-electron chi connectivity index (χ0n) is 37.8. The number of carbonyl (C=O) groups is 2. The van der Waals surface area contributed by atoms with E-state index in [1.165, 1.54) is 22.3 Å². The largest absolute Gasteiger partial charge is 0.461 e. The topological polar surface area (TPSA) is 121 Å². The van der Waals surface area contributed by atoms with E-state index in [1.54, 1.807) is 0 Å². The number of H-pyrrole nitrogens is 2. The monoisotopic (exact) mass is 801 g/mol. The van der Waals surface area contributed by atoms with Crippen molar-refractivity contribution in [3.8, 4) is 0 Å². The minimum Gasteiger partial charge on any atom is -0.461 e. The Morgan fingerprint density at radius 3 is 2.29 bits per heavy atom. The predicted molar refractivity (Wildman–Crippen MR) is 240 cm³/mol. The summed E-state index contributed by atoms with van der Waals surface area (Å²) in [5, 5.41) is 12.9. The summed E-state index contributed by atoms with van der Waals surface area (Å²) in [6.45, 7) is 25.7. The van der Waals surface area contributed by atoms with Gasteiger partial charge in [-0.2, -0.15) is 0 Å². The fourth-order valence-corrected chi connectivity index (χ4v) is 9.94. The number of rotatable bonds is 14. The van der Waals surface area contributed by atoms with E-state index in [9.17, 15) is 14.7 Å². The number of carbonyl (C=O) groups excluding carboxylic acids is 2. The lowest BCUT2D eigenvalue weighted by Gasteiger charge is -2.30. The summed E-state index contributed by atoms with van der Waals surface area (Å²) in [5.74, 6) is -0.298. The lowest BCUT2D eigenvalue weighted by molar-refractivity contribution is -0.142. The van der Waals surface area contributed by atoms with Crippen LogP contribution in [-0.4, -0.2) is 43.4 Å². The number of nitrogens with zero attached hydrogens (tertiary/aromatic N) is 2. The molecule has 1 aliphatic carbocycles. The van der Waals surface area contributed by atoms with Crippen LogP contribution in [-0.2, 0) is 31.6 Å². The summed E-state index contributed by atoms with van der Waals surface area (Å²) in [5.41, 5.74) is 13.3. The number of aryl methyl sites for hydroxylation is 1. The van der Waals surface area contributed by atoms with E-state index < -0.39 is 11.5 Å². The zero-order valence-corrected chi connectivity index (χ0v) is 37.8. The van der Waals surface area contributed by atoms with Gasteiger partial charge in [0.1, 0.15) is 6.61 Å². The van der Waals surface area contributed by atoms with Crippen LogP contribution in [0.25, 0.3) is 22.2 Å². The van der Waals surface area contributed by atoms with Crippen LogP contribution < -0.4 is 10.7 Å². The Kier molecular flexibility index (Phi) is 13.1. The third kappa shape index (κ3) is 8.57. The first-order chi connectivity index (χ1) is 27.9.